The predicted octanol–water partition coefficient (Wildman–Crippen LogP) is 2.06. The molecular formula is C18H17N3O2. The third kappa shape index (κ3) is 2.39. The van der Waals surface area contributed by atoms with Crippen LogP contribution in [0.2, 0.25) is 0 Å². The first-order chi connectivity index (χ1) is 11.1. The van der Waals surface area contributed by atoms with Crippen LogP contribution in [0.15, 0.2) is 36.4 Å². The zero-order valence-corrected chi connectivity index (χ0v) is 12.8. The molecule has 0 aromatic heterocycles. The van der Waals surface area contributed by atoms with Crippen molar-refractivity contribution in [2.45, 2.75) is 19.5 Å². The van der Waals surface area contributed by atoms with Crippen molar-refractivity contribution in [3.8, 4) is 0 Å². The molecule has 2 aromatic rings. The highest BCUT2D eigenvalue weighted by Gasteiger charge is 2.24. The normalized spacial score (nSPS) is 15.5. The van der Waals surface area contributed by atoms with Gasteiger partial charge in [-0.2, -0.15) is 0 Å². The number of hydrogen-bond acceptors (Lipinski definition) is 3. The molecule has 2 aliphatic rings. The zero-order valence-electron chi connectivity index (χ0n) is 12.8. The van der Waals surface area contributed by atoms with Gasteiger partial charge in [0.15, 0.2) is 0 Å². The molecule has 0 aliphatic carbocycles. The van der Waals surface area contributed by atoms with Crippen LogP contribution in [0.25, 0.3) is 0 Å². The smallest absolute Gasteiger partial charge is 0.255 e. The Labute approximate surface area is 134 Å². The molecule has 2 aromatic carbocycles. The van der Waals surface area contributed by atoms with Gasteiger partial charge in [-0.1, -0.05) is 6.07 Å². The Morgan fingerprint density at radius 2 is 1.91 bits per heavy atom. The van der Waals surface area contributed by atoms with E-state index >= 15 is 0 Å². The molecule has 0 spiro atoms. The van der Waals surface area contributed by atoms with Crippen molar-refractivity contribution in [3.05, 3.63) is 58.7 Å². The molecule has 0 saturated carbocycles. The number of carbonyl (C=O) groups excluding carboxylic acids is 2. The third-order valence-electron chi connectivity index (χ3n) is 4.51. The topological polar surface area (TPSA) is 61.4 Å². The first-order valence-corrected chi connectivity index (χ1v) is 7.65. The number of anilines is 2. The Morgan fingerprint density at radius 3 is 2.78 bits per heavy atom. The van der Waals surface area contributed by atoms with Gasteiger partial charge in [0.2, 0.25) is 5.91 Å². The molecule has 0 fully saturated rings. The van der Waals surface area contributed by atoms with Gasteiger partial charge in [-0.15, -0.1) is 0 Å². The number of benzene rings is 2. The molecule has 2 N–H and O–H groups in total. The van der Waals surface area contributed by atoms with E-state index in [0.717, 1.165) is 30.0 Å². The quantitative estimate of drug-likeness (QED) is 0.893. The van der Waals surface area contributed by atoms with E-state index < -0.39 is 0 Å². The van der Waals surface area contributed by atoms with Gasteiger partial charge in [-0.3, -0.25) is 9.59 Å². The highest BCUT2D eigenvalue weighted by Crippen LogP contribution is 2.28. The highest BCUT2D eigenvalue weighted by molar-refractivity contribution is 6.07. The van der Waals surface area contributed by atoms with Crippen LogP contribution in [-0.2, 0) is 24.3 Å². The molecule has 0 radical (unpaired) electrons. The lowest BCUT2D eigenvalue weighted by Gasteiger charge is -2.11. The van der Waals surface area contributed by atoms with Gasteiger partial charge in [-0.25, -0.2) is 0 Å². The number of likely N-dealkylation sites (N-methyl/N-ethyl adjacent to an activating group) is 1. The van der Waals surface area contributed by atoms with Gasteiger partial charge in [0.25, 0.3) is 5.91 Å². The second-order valence-electron chi connectivity index (χ2n) is 6.01. The zero-order chi connectivity index (χ0) is 16.0. The van der Waals surface area contributed by atoms with Crippen LogP contribution in [-0.4, -0.2) is 18.9 Å². The lowest BCUT2D eigenvalue weighted by atomic mass is 10.1. The van der Waals surface area contributed by atoms with E-state index in [1.54, 1.807) is 24.1 Å². The van der Waals surface area contributed by atoms with E-state index in [1.165, 1.54) is 11.1 Å². The van der Waals surface area contributed by atoms with Crippen molar-refractivity contribution in [1.82, 2.24) is 5.32 Å². The number of fused-ring (bicyclic) bond motifs is 2. The fraction of sp³-hybridized carbons (Fsp3) is 0.222. The van der Waals surface area contributed by atoms with Crippen molar-refractivity contribution >= 4 is 23.2 Å². The van der Waals surface area contributed by atoms with Gasteiger partial charge in [-0.05, 0) is 47.0 Å². The second kappa shape index (κ2) is 5.21. The van der Waals surface area contributed by atoms with E-state index in [9.17, 15) is 9.59 Å². The van der Waals surface area contributed by atoms with Crippen molar-refractivity contribution in [1.29, 1.82) is 0 Å². The maximum Gasteiger partial charge on any atom is 0.255 e. The summed E-state index contributed by atoms with van der Waals surface area (Å²) in [6, 6.07) is 11.4. The molecule has 0 unspecified atom stereocenters. The minimum atomic E-state index is -0.152. The Balaban J connectivity index is 1.56. The van der Waals surface area contributed by atoms with E-state index in [4.69, 9.17) is 0 Å². The Kier molecular flexibility index (Phi) is 3.16. The molecule has 5 heteroatoms. The minimum absolute atomic E-state index is 0.0590. The average Bonchev–Trinajstić information content (AvgIpc) is 3.11. The maximum absolute atomic E-state index is 12.5. The molecule has 0 saturated heterocycles. The van der Waals surface area contributed by atoms with E-state index in [-0.39, 0.29) is 11.8 Å². The van der Waals surface area contributed by atoms with Gasteiger partial charge in [0.1, 0.15) is 0 Å². The van der Waals surface area contributed by atoms with Crippen LogP contribution in [0.5, 0.6) is 0 Å². The minimum Gasteiger partial charge on any atom is -0.322 e. The summed E-state index contributed by atoms with van der Waals surface area (Å²) in [6.45, 7) is 1.72. The molecule has 0 bridgehead atoms. The van der Waals surface area contributed by atoms with Gasteiger partial charge in [0.05, 0.1) is 6.42 Å². The fourth-order valence-electron chi connectivity index (χ4n) is 3.19. The van der Waals surface area contributed by atoms with Crippen molar-refractivity contribution in [3.63, 3.8) is 0 Å². The van der Waals surface area contributed by atoms with E-state index in [2.05, 4.69) is 10.6 Å². The number of carbonyl (C=O) groups is 2. The van der Waals surface area contributed by atoms with E-state index in [1.807, 2.05) is 24.3 Å². The molecular weight excluding hydrogens is 290 g/mol. The van der Waals surface area contributed by atoms with Crippen molar-refractivity contribution in [2.75, 3.05) is 17.3 Å². The second-order valence-corrected chi connectivity index (χ2v) is 6.01. The van der Waals surface area contributed by atoms with Crippen LogP contribution in [0.3, 0.4) is 0 Å². The monoisotopic (exact) mass is 307 g/mol. The van der Waals surface area contributed by atoms with Crippen LogP contribution in [0, 0.1) is 0 Å². The molecule has 0 atom stereocenters. The van der Waals surface area contributed by atoms with Gasteiger partial charge >= 0.3 is 0 Å². The lowest BCUT2D eigenvalue weighted by Crippen LogP contribution is -2.20. The predicted molar refractivity (Wildman–Crippen MR) is 88.5 cm³/mol. The fourth-order valence-corrected chi connectivity index (χ4v) is 3.19. The summed E-state index contributed by atoms with van der Waals surface area (Å²) in [5.41, 5.74) is 5.67. The van der Waals surface area contributed by atoms with Crippen molar-refractivity contribution in [2.24, 2.45) is 0 Å². The van der Waals surface area contributed by atoms with Gasteiger partial charge < -0.3 is 15.5 Å². The summed E-state index contributed by atoms with van der Waals surface area (Å²) in [7, 11) is 1.76. The molecule has 2 aliphatic heterocycles. The summed E-state index contributed by atoms with van der Waals surface area (Å²) in [5, 5.41) is 6.22. The van der Waals surface area contributed by atoms with Crippen LogP contribution in [0.4, 0.5) is 11.4 Å². The molecule has 2 heterocycles. The maximum atomic E-state index is 12.5. The lowest BCUT2D eigenvalue weighted by molar-refractivity contribution is -0.117. The highest BCUT2D eigenvalue weighted by atomic mass is 16.2. The van der Waals surface area contributed by atoms with Crippen LogP contribution in [0.1, 0.15) is 27.0 Å². The first-order valence-electron chi connectivity index (χ1n) is 7.65. The number of nitrogens with zero attached hydrogens (tertiary/aromatic N) is 1. The average molecular weight is 307 g/mol. The summed E-state index contributed by atoms with van der Waals surface area (Å²) in [4.78, 5) is 25.8. The molecule has 4 rings (SSSR count). The first kappa shape index (κ1) is 14.0. The number of nitrogens with one attached hydrogen (secondary N) is 2. The summed E-state index contributed by atoms with van der Waals surface area (Å²) >= 11 is 0. The SMILES string of the molecule is CN1C(=O)Cc2cc(C(=O)Nc3ccc4c(c3)CNC4)ccc21. The van der Waals surface area contributed by atoms with Crippen LogP contribution < -0.4 is 15.5 Å². The largest absolute Gasteiger partial charge is 0.322 e. The Morgan fingerprint density at radius 1 is 1.09 bits per heavy atom. The molecule has 23 heavy (non-hydrogen) atoms. The van der Waals surface area contributed by atoms with Crippen LogP contribution >= 0.6 is 0 Å². The number of rotatable bonds is 2. The summed E-state index contributed by atoms with van der Waals surface area (Å²) < 4.78 is 0. The summed E-state index contributed by atoms with van der Waals surface area (Å²) in [5.74, 6) is -0.0932. The van der Waals surface area contributed by atoms with E-state index in [0.29, 0.717) is 12.0 Å². The van der Waals surface area contributed by atoms with Gasteiger partial charge in [0, 0.05) is 37.1 Å². The molecule has 5 nitrogen and oxygen atoms in total. The summed E-state index contributed by atoms with van der Waals surface area (Å²) in [6.07, 6.45) is 0.359. The standard InChI is InChI=1S/C18H17N3O2/c1-21-16-5-3-11(6-13(16)8-17(21)22)18(23)20-15-4-2-12-9-19-10-14(12)7-15/h2-7,19H,8-10H2,1H3,(H,20,23). The number of hydrogen-bond donors (Lipinski definition) is 2. The Hall–Kier alpha value is -2.66. The molecule has 2 amide bonds. The number of amides is 2. The Bertz CT molecular complexity index is 829. The molecule has 116 valence electrons. The van der Waals surface area contributed by atoms with Crippen molar-refractivity contribution < 1.29 is 9.59 Å². The third-order valence-corrected chi connectivity index (χ3v) is 4.51.